The molecule has 140 valence electrons. The lowest BCUT2D eigenvalue weighted by atomic mass is 9.77. The van der Waals surface area contributed by atoms with Crippen LogP contribution in [0.3, 0.4) is 0 Å². The Morgan fingerprint density at radius 1 is 0.889 bits per heavy atom. The molecule has 0 heterocycles. The maximum absolute atomic E-state index is 15.2. The summed E-state index contributed by atoms with van der Waals surface area (Å²) in [6.45, 7) is 4.34. The maximum Gasteiger partial charge on any atom is 0.138 e. The maximum atomic E-state index is 15.2. The second-order valence-electron chi connectivity index (χ2n) is 8.28. The Hall–Kier alpha value is -2.15. The van der Waals surface area contributed by atoms with Gasteiger partial charge in [-0.2, -0.15) is 0 Å². The molecule has 0 aromatic heterocycles. The van der Waals surface area contributed by atoms with Crippen molar-refractivity contribution in [1.29, 1.82) is 0 Å². The molecule has 0 unspecified atom stereocenters. The third-order valence-electron chi connectivity index (χ3n) is 6.36. The van der Waals surface area contributed by atoms with Crippen LogP contribution in [0.15, 0.2) is 54.6 Å². The van der Waals surface area contributed by atoms with E-state index in [2.05, 4.69) is 32.0 Å². The molecule has 0 N–H and O–H groups in total. The zero-order chi connectivity index (χ0) is 18.8. The average molecular weight is 361 g/mol. The third kappa shape index (κ3) is 3.78. The summed E-state index contributed by atoms with van der Waals surface area (Å²) in [5.41, 5.74) is 4.21. The van der Waals surface area contributed by atoms with Gasteiger partial charge in [0.1, 0.15) is 5.82 Å². The zero-order valence-electron chi connectivity index (χ0n) is 16.5. The van der Waals surface area contributed by atoms with Crippen LogP contribution in [-0.2, 0) is 0 Å². The van der Waals surface area contributed by atoms with Gasteiger partial charge in [0.25, 0.3) is 0 Å². The normalized spacial score (nSPS) is 20.1. The van der Waals surface area contributed by atoms with Crippen molar-refractivity contribution in [3.63, 3.8) is 0 Å². The SMILES string of the molecule is CCC[C@H]1CC[C@H](c2ccc3c(F)c(-c4ccc(C)cc4)ccc3c2)CC1. The molecule has 0 saturated heterocycles. The molecule has 0 aliphatic heterocycles. The van der Waals surface area contributed by atoms with Crippen molar-refractivity contribution in [3.05, 3.63) is 71.5 Å². The van der Waals surface area contributed by atoms with Crippen molar-refractivity contribution in [3.8, 4) is 11.1 Å². The van der Waals surface area contributed by atoms with Gasteiger partial charge in [-0.25, -0.2) is 4.39 Å². The highest BCUT2D eigenvalue weighted by molar-refractivity contribution is 5.89. The minimum Gasteiger partial charge on any atom is -0.206 e. The van der Waals surface area contributed by atoms with E-state index < -0.39 is 0 Å². The Balaban J connectivity index is 1.61. The topological polar surface area (TPSA) is 0 Å². The van der Waals surface area contributed by atoms with Crippen molar-refractivity contribution < 1.29 is 4.39 Å². The van der Waals surface area contributed by atoms with Crippen LogP contribution >= 0.6 is 0 Å². The Bertz CT molecular complexity index is 915. The fourth-order valence-corrected chi connectivity index (χ4v) is 4.71. The van der Waals surface area contributed by atoms with Crippen LogP contribution in [0.2, 0.25) is 0 Å². The summed E-state index contributed by atoms with van der Waals surface area (Å²) in [6.07, 6.45) is 7.92. The summed E-state index contributed by atoms with van der Waals surface area (Å²) in [5.74, 6) is 1.46. The van der Waals surface area contributed by atoms with Crippen LogP contribution in [0, 0.1) is 18.7 Å². The first-order valence-electron chi connectivity index (χ1n) is 10.4. The van der Waals surface area contributed by atoms with Crippen LogP contribution in [0.4, 0.5) is 4.39 Å². The molecule has 3 aromatic carbocycles. The van der Waals surface area contributed by atoms with Gasteiger partial charge in [-0.15, -0.1) is 0 Å². The molecule has 4 rings (SSSR count). The number of aryl methyl sites for hydroxylation is 1. The van der Waals surface area contributed by atoms with Gasteiger partial charge in [-0.05, 0) is 61.0 Å². The molecule has 0 radical (unpaired) electrons. The van der Waals surface area contributed by atoms with E-state index in [0.717, 1.165) is 22.3 Å². The van der Waals surface area contributed by atoms with Gasteiger partial charge in [-0.3, -0.25) is 0 Å². The lowest BCUT2D eigenvalue weighted by Gasteiger charge is -2.28. The molecule has 1 fully saturated rings. The van der Waals surface area contributed by atoms with Crippen LogP contribution in [0.25, 0.3) is 21.9 Å². The number of halogens is 1. The van der Waals surface area contributed by atoms with Crippen molar-refractivity contribution in [2.24, 2.45) is 5.92 Å². The minimum absolute atomic E-state index is 0.102. The van der Waals surface area contributed by atoms with E-state index in [1.165, 1.54) is 49.7 Å². The molecule has 0 atom stereocenters. The van der Waals surface area contributed by atoms with Gasteiger partial charge >= 0.3 is 0 Å². The van der Waals surface area contributed by atoms with Gasteiger partial charge in [0.2, 0.25) is 0 Å². The van der Waals surface area contributed by atoms with E-state index in [0.29, 0.717) is 11.5 Å². The lowest BCUT2D eigenvalue weighted by molar-refractivity contribution is 0.308. The first kappa shape index (κ1) is 18.2. The molecule has 0 amide bonds. The Kier molecular flexibility index (Phi) is 5.29. The molecule has 0 bridgehead atoms. The van der Waals surface area contributed by atoms with Gasteiger partial charge in [0, 0.05) is 10.9 Å². The highest BCUT2D eigenvalue weighted by Crippen LogP contribution is 2.39. The van der Waals surface area contributed by atoms with Gasteiger partial charge in [0.15, 0.2) is 0 Å². The molecule has 1 heteroatoms. The van der Waals surface area contributed by atoms with E-state index in [4.69, 9.17) is 0 Å². The van der Waals surface area contributed by atoms with E-state index in [1.54, 1.807) is 0 Å². The number of benzene rings is 3. The van der Waals surface area contributed by atoms with Crippen LogP contribution < -0.4 is 0 Å². The van der Waals surface area contributed by atoms with Crippen LogP contribution in [0.1, 0.15) is 62.5 Å². The summed E-state index contributed by atoms with van der Waals surface area (Å²) < 4.78 is 15.2. The quantitative estimate of drug-likeness (QED) is 0.442. The van der Waals surface area contributed by atoms with E-state index in [1.807, 2.05) is 36.4 Å². The fraction of sp³-hybridized carbons (Fsp3) is 0.385. The Morgan fingerprint density at radius 3 is 2.33 bits per heavy atom. The van der Waals surface area contributed by atoms with Crippen molar-refractivity contribution in [1.82, 2.24) is 0 Å². The van der Waals surface area contributed by atoms with E-state index >= 15 is 4.39 Å². The number of rotatable bonds is 4. The molecular weight excluding hydrogens is 331 g/mol. The first-order chi connectivity index (χ1) is 13.2. The molecular formula is C26H29F. The second kappa shape index (κ2) is 7.84. The van der Waals surface area contributed by atoms with Crippen molar-refractivity contribution in [2.45, 2.75) is 58.3 Å². The highest BCUT2D eigenvalue weighted by atomic mass is 19.1. The smallest absolute Gasteiger partial charge is 0.138 e. The van der Waals surface area contributed by atoms with Gasteiger partial charge in [0.05, 0.1) is 0 Å². The monoisotopic (exact) mass is 360 g/mol. The third-order valence-corrected chi connectivity index (χ3v) is 6.36. The summed E-state index contributed by atoms with van der Waals surface area (Å²) in [4.78, 5) is 0. The number of hydrogen-bond acceptors (Lipinski definition) is 0. The van der Waals surface area contributed by atoms with E-state index in [9.17, 15) is 0 Å². The highest BCUT2D eigenvalue weighted by Gasteiger charge is 2.22. The molecule has 1 aliphatic rings. The molecule has 3 aromatic rings. The summed E-state index contributed by atoms with van der Waals surface area (Å²) in [6, 6.07) is 18.5. The minimum atomic E-state index is -0.102. The molecule has 1 aliphatic carbocycles. The largest absolute Gasteiger partial charge is 0.206 e. The summed E-state index contributed by atoms with van der Waals surface area (Å²) >= 11 is 0. The summed E-state index contributed by atoms with van der Waals surface area (Å²) in [7, 11) is 0. The van der Waals surface area contributed by atoms with Crippen molar-refractivity contribution in [2.75, 3.05) is 0 Å². The zero-order valence-corrected chi connectivity index (χ0v) is 16.5. The molecule has 1 saturated carbocycles. The fourth-order valence-electron chi connectivity index (χ4n) is 4.71. The lowest BCUT2D eigenvalue weighted by Crippen LogP contribution is -2.13. The van der Waals surface area contributed by atoms with Gasteiger partial charge < -0.3 is 0 Å². The van der Waals surface area contributed by atoms with Crippen molar-refractivity contribution >= 4 is 10.8 Å². The standard InChI is InChI=1S/C26H29F/c1-3-4-19-7-11-20(12-8-19)22-13-15-25-23(17-22)14-16-24(26(25)27)21-9-5-18(2)6-10-21/h5-6,9-10,13-17,19-20H,3-4,7-8,11-12H2,1-2H3/t19-,20-. The molecule has 0 nitrogen and oxygen atoms in total. The molecule has 27 heavy (non-hydrogen) atoms. The Morgan fingerprint density at radius 2 is 1.63 bits per heavy atom. The second-order valence-corrected chi connectivity index (χ2v) is 8.28. The number of hydrogen-bond donors (Lipinski definition) is 0. The predicted molar refractivity (Wildman–Crippen MR) is 114 cm³/mol. The first-order valence-corrected chi connectivity index (χ1v) is 10.4. The number of fused-ring (bicyclic) bond motifs is 1. The predicted octanol–water partition coefficient (Wildman–Crippen LogP) is 8.03. The van der Waals surface area contributed by atoms with Crippen LogP contribution in [-0.4, -0.2) is 0 Å². The summed E-state index contributed by atoms with van der Waals surface area (Å²) in [5, 5.41) is 1.76. The molecule has 0 spiro atoms. The van der Waals surface area contributed by atoms with Crippen LogP contribution in [0.5, 0.6) is 0 Å². The van der Waals surface area contributed by atoms with E-state index in [-0.39, 0.29) is 5.82 Å². The Labute approximate surface area is 162 Å². The van der Waals surface area contributed by atoms with Gasteiger partial charge in [-0.1, -0.05) is 79.9 Å². The average Bonchev–Trinajstić information content (AvgIpc) is 2.70.